The van der Waals surface area contributed by atoms with Crippen LogP contribution in [0, 0.1) is 15.2 Å². The number of hydrogen-bond acceptors (Lipinski definition) is 2. The normalized spacial score (nSPS) is 11.8. The molecule has 0 heterocycles. The van der Waals surface area contributed by atoms with Crippen molar-refractivity contribution in [3.05, 3.63) is 68.8 Å². The molecule has 0 saturated heterocycles. The monoisotopic (exact) mass is 445 g/mol. The Morgan fingerprint density at radius 3 is 2.38 bits per heavy atom. The fourth-order valence-corrected chi connectivity index (χ4v) is 2.50. The second-order valence-electron chi connectivity index (χ2n) is 5.20. The van der Waals surface area contributed by atoms with Crippen molar-refractivity contribution in [1.29, 1.82) is 0 Å². The number of benzene rings is 2. The lowest BCUT2D eigenvalue weighted by Crippen LogP contribution is -2.43. The first kappa shape index (κ1) is 18.3. The van der Waals surface area contributed by atoms with Gasteiger partial charge in [0.05, 0.1) is 6.42 Å². The molecule has 0 aliphatic heterocycles. The molecular weight excluding hydrogens is 431 g/mol. The Morgan fingerprint density at radius 2 is 1.79 bits per heavy atom. The zero-order chi connectivity index (χ0) is 17.7. The molecule has 2 aromatic rings. The first-order valence-electron chi connectivity index (χ1n) is 7.05. The summed E-state index contributed by atoms with van der Waals surface area (Å²) < 4.78 is 27.4. The minimum Gasteiger partial charge on any atom is -0.480 e. The van der Waals surface area contributed by atoms with Gasteiger partial charge in [0.2, 0.25) is 5.91 Å². The van der Waals surface area contributed by atoms with Gasteiger partial charge in [0.1, 0.15) is 17.7 Å². The summed E-state index contributed by atoms with van der Waals surface area (Å²) in [4.78, 5) is 23.3. The molecule has 1 atom stereocenters. The molecule has 0 aliphatic rings. The van der Waals surface area contributed by atoms with Gasteiger partial charge >= 0.3 is 5.97 Å². The first-order valence-corrected chi connectivity index (χ1v) is 8.13. The zero-order valence-electron chi connectivity index (χ0n) is 12.4. The second kappa shape index (κ2) is 8.18. The predicted octanol–water partition coefficient (Wildman–Crippen LogP) is 2.92. The van der Waals surface area contributed by atoms with Crippen molar-refractivity contribution in [2.24, 2.45) is 0 Å². The number of hydrogen-bond donors (Lipinski definition) is 2. The molecule has 2 aromatic carbocycles. The number of nitrogens with one attached hydrogen (secondary N) is 1. The number of carbonyl (C=O) groups excluding carboxylic acids is 1. The van der Waals surface area contributed by atoms with Crippen molar-refractivity contribution < 1.29 is 23.5 Å². The summed E-state index contributed by atoms with van der Waals surface area (Å²) >= 11 is 2.13. The molecule has 126 valence electrons. The van der Waals surface area contributed by atoms with Crippen LogP contribution in [0.1, 0.15) is 11.1 Å². The van der Waals surface area contributed by atoms with E-state index in [1.165, 1.54) is 6.07 Å². The fourth-order valence-electron chi connectivity index (χ4n) is 2.14. The topological polar surface area (TPSA) is 66.4 Å². The van der Waals surface area contributed by atoms with Crippen LogP contribution in [0.25, 0.3) is 0 Å². The minimum absolute atomic E-state index is 0.00676. The van der Waals surface area contributed by atoms with E-state index in [0.717, 1.165) is 15.2 Å². The van der Waals surface area contributed by atoms with Gasteiger partial charge in [-0.3, -0.25) is 4.79 Å². The number of carboxylic acids is 1. The van der Waals surface area contributed by atoms with Crippen LogP contribution >= 0.6 is 22.6 Å². The summed E-state index contributed by atoms with van der Waals surface area (Å²) in [6.45, 7) is 0. The fraction of sp³-hybridized carbons (Fsp3) is 0.176. The Hall–Kier alpha value is -2.03. The summed E-state index contributed by atoms with van der Waals surface area (Å²) in [6, 6.07) is 9.01. The predicted molar refractivity (Wildman–Crippen MR) is 92.5 cm³/mol. The van der Waals surface area contributed by atoms with Gasteiger partial charge in [-0.15, -0.1) is 0 Å². The lowest BCUT2D eigenvalue weighted by molar-refractivity contribution is -0.141. The number of halogens is 3. The van der Waals surface area contributed by atoms with Gasteiger partial charge in [0.15, 0.2) is 0 Å². The lowest BCUT2D eigenvalue weighted by atomic mass is 10.1. The third-order valence-electron chi connectivity index (χ3n) is 3.35. The Morgan fingerprint density at radius 1 is 1.12 bits per heavy atom. The number of carboxylic acid groups (broad SMARTS) is 1. The summed E-state index contributed by atoms with van der Waals surface area (Å²) in [7, 11) is 0. The Balaban J connectivity index is 2.02. The molecule has 0 spiro atoms. The van der Waals surface area contributed by atoms with Gasteiger partial charge in [-0.1, -0.05) is 18.2 Å². The highest BCUT2D eigenvalue weighted by atomic mass is 127. The van der Waals surface area contributed by atoms with Crippen LogP contribution in [0.5, 0.6) is 0 Å². The van der Waals surface area contributed by atoms with E-state index in [4.69, 9.17) is 0 Å². The van der Waals surface area contributed by atoms with Crippen molar-refractivity contribution in [3.8, 4) is 0 Å². The van der Waals surface area contributed by atoms with Crippen molar-refractivity contribution in [3.63, 3.8) is 0 Å². The van der Waals surface area contributed by atoms with Crippen LogP contribution in [0.2, 0.25) is 0 Å². The molecule has 0 aliphatic carbocycles. The maximum absolute atomic E-state index is 13.6. The van der Waals surface area contributed by atoms with E-state index in [1.54, 1.807) is 12.1 Å². The molecule has 7 heteroatoms. The van der Waals surface area contributed by atoms with E-state index >= 15 is 0 Å². The quantitative estimate of drug-likeness (QED) is 0.673. The van der Waals surface area contributed by atoms with E-state index < -0.39 is 29.6 Å². The average Bonchev–Trinajstić information content (AvgIpc) is 2.51. The van der Waals surface area contributed by atoms with Gasteiger partial charge in [0, 0.05) is 16.1 Å². The molecule has 4 nitrogen and oxygen atoms in total. The van der Waals surface area contributed by atoms with Crippen molar-refractivity contribution in [2.75, 3.05) is 0 Å². The second-order valence-corrected chi connectivity index (χ2v) is 6.45. The number of amides is 1. The van der Waals surface area contributed by atoms with Crippen LogP contribution in [0.3, 0.4) is 0 Å². The molecule has 0 saturated carbocycles. The highest BCUT2D eigenvalue weighted by Gasteiger charge is 2.21. The zero-order valence-corrected chi connectivity index (χ0v) is 14.6. The molecule has 0 fully saturated rings. The van der Waals surface area contributed by atoms with E-state index in [9.17, 15) is 23.5 Å². The first-order chi connectivity index (χ1) is 11.3. The highest BCUT2D eigenvalue weighted by Crippen LogP contribution is 2.11. The van der Waals surface area contributed by atoms with E-state index in [0.29, 0.717) is 6.07 Å². The van der Waals surface area contributed by atoms with Crippen LogP contribution < -0.4 is 5.32 Å². The van der Waals surface area contributed by atoms with Gasteiger partial charge < -0.3 is 10.4 Å². The van der Waals surface area contributed by atoms with Gasteiger partial charge in [-0.05, 0) is 51.9 Å². The van der Waals surface area contributed by atoms with E-state index in [-0.39, 0.29) is 18.4 Å². The van der Waals surface area contributed by atoms with Gasteiger partial charge in [0.25, 0.3) is 0 Å². The van der Waals surface area contributed by atoms with E-state index in [1.807, 2.05) is 12.1 Å². The molecule has 0 unspecified atom stereocenters. The molecule has 2 rings (SSSR count). The summed E-state index contributed by atoms with van der Waals surface area (Å²) in [6.07, 6.45) is -0.244. The van der Waals surface area contributed by atoms with Gasteiger partial charge in [-0.2, -0.15) is 0 Å². The standard InChI is InChI=1S/C17H14F2INO3/c18-12-4-3-11(14(19)9-12)8-16(22)21-15(17(23)24)7-10-1-5-13(20)6-2-10/h1-6,9,15H,7-8H2,(H,21,22)(H,23,24)/t15-/m0/s1. The summed E-state index contributed by atoms with van der Waals surface area (Å²) in [5.74, 6) is -3.40. The van der Waals surface area contributed by atoms with Crippen LogP contribution in [0.15, 0.2) is 42.5 Å². The Labute approximate surface area is 151 Å². The average molecular weight is 445 g/mol. The molecule has 0 radical (unpaired) electrons. The van der Waals surface area contributed by atoms with Crippen LogP contribution in [0.4, 0.5) is 8.78 Å². The van der Waals surface area contributed by atoms with Crippen molar-refractivity contribution in [2.45, 2.75) is 18.9 Å². The number of aliphatic carboxylic acids is 1. The summed E-state index contributed by atoms with van der Waals surface area (Å²) in [5.41, 5.74) is 0.767. The number of rotatable bonds is 6. The molecule has 2 N–H and O–H groups in total. The van der Waals surface area contributed by atoms with Crippen molar-refractivity contribution >= 4 is 34.5 Å². The van der Waals surface area contributed by atoms with Crippen molar-refractivity contribution in [1.82, 2.24) is 5.32 Å². The van der Waals surface area contributed by atoms with Crippen LogP contribution in [-0.2, 0) is 22.4 Å². The molecule has 0 aromatic heterocycles. The third-order valence-corrected chi connectivity index (χ3v) is 4.07. The molecule has 1 amide bonds. The SMILES string of the molecule is O=C(Cc1ccc(F)cc1F)N[C@@H](Cc1ccc(I)cc1)C(=O)O. The van der Waals surface area contributed by atoms with Gasteiger partial charge in [-0.25, -0.2) is 13.6 Å². The minimum atomic E-state index is -1.18. The molecular formula is C17H14F2INO3. The van der Waals surface area contributed by atoms with Crippen LogP contribution in [-0.4, -0.2) is 23.0 Å². The smallest absolute Gasteiger partial charge is 0.326 e. The maximum Gasteiger partial charge on any atom is 0.326 e. The number of carbonyl (C=O) groups is 2. The third kappa shape index (κ3) is 5.26. The Bertz CT molecular complexity index is 750. The maximum atomic E-state index is 13.6. The highest BCUT2D eigenvalue weighted by molar-refractivity contribution is 14.1. The van der Waals surface area contributed by atoms with E-state index in [2.05, 4.69) is 27.9 Å². The molecule has 0 bridgehead atoms. The lowest BCUT2D eigenvalue weighted by Gasteiger charge is -2.15. The summed E-state index contributed by atoms with van der Waals surface area (Å²) in [5, 5.41) is 11.6. The molecule has 24 heavy (non-hydrogen) atoms. The Kier molecular flexibility index (Phi) is 6.24. The largest absolute Gasteiger partial charge is 0.480 e.